The van der Waals surface area contributed by atoms with Gasteiger partial charge >= 0.3 is 5.97 Å². The monoisotopic (exact) mass is 356 g/mol. The summed E-state index contributed by atoms with van der Waals surface area (Å²) in [5.74, 6) is 0.987. The van der Waals surface area contributed by atoms with Gasteiger partial charge in [-0.05, 0) is 44.0 Å². The highest BCUT2D eigenvalue weighted by molar-refractivity contribution is 9.10. The number of ether oxygens (including phenoxy) is 3. The van der Waals surface area contributed by atoms with Gasteiger partial charge in [0.25, 0.3) is 0 Å². The maximum absolute atomic E-state index is 11.8. The summed E-state index contributed by atoms with van der Waals surface area (Å²) in [6, 6.07) is 3.62. The zero-order chi connectivity index (χ0) is 15.8. The van der Waals surface area contributed by atoms with Gasteiger partial charge < -0.3 is 14.2 Å². The lowest BCUT2D eigenvalue weighted by atomic mass is 10.1. The van der Waals surface area contributed by atoms with Crippen LogP contribution >= 0.6 is 15.9 Å². The van der Waals surface area contributed by atoms with Crippen LogP contribution in [0.15, 0.2) is 28.8 Å². The Morgan fingerprint density at radius 2 is 1.76 bits per heavy atom. The Morgan fingerprint density at radius 1 is 1.19 bits per heavy atom. The summed E-state index contributed by atoms with van der Waals surface area (Å²) in [6.07, 6.45) is 0.167. The van der Waals surface area contributed by atoms with Crippen LogP contribution in [0.25, 0.3) is 0 Å². The van der Waals surface area contributed by atoms with Crippen molar-refractivity contribution in [1.82, 2.24) is 0 Å². The van der Waals surface area contributed by atoms with Crippen molar-refractivity contribution in [2.75, 3.05) is 19.8 Å². The first-order valence-corrected chi connectivity index (χ1v) is 7.65. The molecule has 0 spiro atoms. The molecular weight excluding hydrogens is 336 g/mol. The first-order valence-electron chi connectivity index (χ1n) is 6.85. The van der Waals surface area contributed by atoms with E-state index in [1.807, 2.05) is 26.8 Å². The standard InChI is InChI=1S/C16H21BrO4/c1-5-19-14-7-12(8-16(18)21-10-11(3)4)13(17)9-15(14)20-6-2/h7,9H,3,5-6,8,10H2,1-2,4H3. The molecule has 0 unspecified atom stereocenters. The fourth-order valence-electron chi connectivity index (χ4n) is 1.66. The maximum Gasteiger partial charge on any atom is 0.310 e. The molecule has 0 heterocycles. The molecule has 0 radical (unpaired) electrons. The summed E-state index contributed by atoms with van der Waals surface area (Å²) in [5.41, 5.74) is 1.61. The van der Waals surface area contributed by atoms with Gasteiger partial charge in [0.2, 0.25) is 0 Å². The van der Waals surface area contributed by atoms with Crippen LogP contribution in [0, 0.1) is 0 Å². The fraction of sp³-hybridized carbons (Fsp3) is 0.438. The highest BCUT2D eigenvalue weighted by atomic mass is 79.9. The largest absolute Gasteiger partial charge is 0.490 e. The zero-order valence-corrected chi connectivity index (χ0v) is 14.3. The van der Waals surface area contributed by atoms with E-state index in [4.69, 9.17) is 14.2 Å². The highest BCUT2D eigenvalue weighted by Crippen LogP contribution is 2.34. The zero-order valence-electron chi connectivity index (χ0n) is 12.7. The number of rotatable bonds is 8. The quantitative estimate of drug-likeness (QED) is 0.523. The van der Waals surface area contributed by atoms with Crippen LogP contribution in [0.5, 0.6) is 11.5 Å². The summed E-state index contributed by atoms with van der Waals surface area (Å²) in [7, 11) is 0. The number of hydrogen-bond donors (Lipinski definition) is 0. The second kappa shape index (κ2) is 8.72. The first kappa shape index (κ1) is 17.6. The van der Waals surface area contributed by atoms with Crippen LogP contribution in [-0.2, 0) is 16.0 Å². The number of carbonyl (C=O) groups excluding carboxylic acids is 1. The highest BCUT2D eigenvalue weighted by Gasteiger charge is 2.14. The molecule has 0 bridgehead atoms. The normalized spacial score (nSPS) is 10.1. The summed E-state index contributed by atoms with van der Waals surface area (Å²) in [4.78, 5) is 11.8. The molecule has 1 rings (SSSR count). The van der Waals surface area contributed by atoms with Gasteiger partial charge in [-0.2, -0.15) is 0 Å². The van der Waals surface area contributed by atoms with Gasteiger partial charge in [-0.3, -0.25) is 4.79 Å². The molecule has 5 heteroatoms. The Kier molecular flexibility index (Phi) is 7.29. The van der Waals surface area contributed by atoms with Crippen molar-refractivity contribution in [3.05, 3.63) is 34.3 Å². The molecule has 0 amide bonds. The minimum absolute atomic E-state index is 0.167. The molecule has 0 aliphatic rings. The van der Waals surface area contributed by atoms with Crippen molar-refractivity contribution in [3.8, 4) is 11.5 Å². The van der Waals surface area contributed by atoms with Crippen molar-refractivity contribution < 1.29 is 19.0 Å². The number of benzene rings is 1. The van der Waals surface area contributed by atoms with Gasteiger partial charge in [0.1, 0.15) is 6.61 Å². The minimum atomic E-state index is -0.301. The van der Waals surface area contributed by atoms with E-state index >= 15 is 0 Å². The van der Waals surface area contributed by atoms with Crippen LogP contribution in [0.3, 0.4) is 0 Å². The molecule has 4 nitrogen and oxygen atoms in total. The molecule has 116 valence electrons. The number of carbonyl (C=O) groups is 1. The van der Waals surface area contributed by atoms with Crippen molar-refractivity contribution in [2.24, 2.45) is 0 Å². The van der Waals surface area contributed by atoms with Crippen molar-refractivity contribution in [1.29, 1.82) is 0 Å². The Balaban J connectivity index is 2.88. The molecule has 0 fully saturated rings. The Bertz CT molecular complexity index is 511. The summed E-state index contributed by atoms with van der Waals surface area (Å²) >= 11 is 3.45. The third-order valence-corrected chi connectivity index (χ3v) is 3.26. The second-order valence-corrected chi connectivity index (χ2v) is 5.41. The Morgan fingerprint density at radius 3 is 2.29 bits per heavy atom. The Labute approximate surface area is 134 Å². The van der Waals surface area contributed by atoms with Crippen LogP contribution in [0.4, 0.5) is 0 Å². The van der Waals surface area contributed by atoms with E-state index in [1.54, 1.807) is 6.07 Å². The van der Waals surface area contributed by atoms with Crippen LogP contribution < -0.4 is 9.47 Å². The van der Waals surface area contributed by atoms with E-state index < -0.39 is 0 Å². The minimum Gasteiger partial charge on any atom is -0.490 e. The maximum atomic E-state index is 11.8. The lowest BCUT2D eigenvalue weighted by Crippen LogP contribution is -2.10. The van der Waals surface area contributed by atoms with Gasteiger partial charge in [-0.15, -0.1) is 0 Å². The van der Waals surface area contributed by atoms with E-state index in [2.05, 4.69) is 22.5 Å². The smallest absolute Gasteiger partial charge is 0.310 e. The van der Waals surface area contributed by atoms with E-state index in [9.17, 15) is 4.79 Å². The topological polar surface area (TPSA) is 44.8 Å². The number of esters is 1. The molecule has 0 saturated heterocycles. The third kappa shape index (κ3) is 5.79. The summed E-state index contributed by atoms with van der Waals surface area (Å²) < 4.78 is 17.0. The molecule has 21 heavy (non-hydrogen) atoms. The predicted octanol–water partition coefficient (Wildman–Crippen LogP) is 3.91. The molecule has 0 aliphatic heterocycles. The fourth-order valence-corrected chi connectivity index (χ4v) is 2.12. The van der Waals surface area contributed by atoms with E-state index in [0.717, 1.165) is 15.6 Å². The summed E-state index contributed by atoms with van der Waals surface area (Å²) in [5, 5.41) is 0. The Hall–Kier alpha value is -1.49. The molecule has 0 atom stereocenters. The lowest BCUT2D eigenvalue weighted by Gasteiger charge is -2.14. The lowest BCUT2D eigenvalue weighted by molar-refractivity contribution is -0.141. The molecule has 0 aliphatic carbocycles. The average Bonchev–Trinajstić information content (AvgIpc) is 2.42. The summed E-state index contributed by atoms with van der Waals surface area (Å²) in [6.45, 7) is 10.6. The second-order valence-electron chi connectivity index (χ2n) is 4.55. The molecule has 1 aromatic carbocycles. The van der Waals surface area contributed by atoms with Gasteiger partial charge in [-0.25, -0.2) is 0 Å². The van der Waals surface area contributed by atoms with Gasteiger partial charge in [-0.1, -0.05) is 22.5 Å². The molecule has 0 saturated carbocycles. The van der Waals surface area contributed by atoms with Crippen LogP contribution in [0.2, 0.25) is 0 Å². The SMILES string of the molecule is C=C(C)COC(=O)Cc1cc(OCC)c(OCC)cc1Br. The van der Waals surface area contributed by atoms with E-state index in [-0.39, 0.29) is 19.0 Å². The van der Waals surface area contributed by atoms with Gasteiger partial charge in [0.05, 0.1) is 19.6 Å². The average molecular weight is 357 g/mol. The predicted molar refractivity (Wildman–Crippen MR) is 86.0 cm³/mol. The van der Waals surface area contributed by atoms with Crippen molar-refractivity contribution >= 4 is 21.9 Å². The van der Waals surface area contributed by atoms with Gasteiger partial charge in [0, 0.05) is 4.47 Å². The molecule has 0 N–H and O–H groups in total. The van der Waals surface area contributed by atoms with E-state index in [1.165, 1.54) is 0 Å². The number of halogens is 1. The third-order valence-electron chi connectivity index (χ3n) is 2.53. The molecular formula is C16H21BrO4. The molecule has 0 aromatic heterocycles. The van der Waals surface area contributed by atoms with Crippen LogP contribution in [-0.4, -0.2) is 25.8 Å². The first-order chi connectivity index (χ1) is 9.97. The van der Waals surface area contributed by atoms with Crippen molar-refractivity contribution in [2.45, 2.75) is 27.2 Å². The van der Waals surface area contributed by atoms with Gasteiger partial charge in [0.15, 0.2) is 11.5 Å². The van der Waals surface area contributed by atoms with Crippen LogP contribution in [0.1, 0.15) is 26.3 Å². The number of hydrogen-bond acceptors (Lipinski definition) is 4. The molecule has 1 aromatic rings. The van der Waals surface area contributed by atoms with E-state index in [0.29, 0.717) is 24.7 Å². The van der Waals surface area contributed by atoms with Crippen molar-refractivity contribution in [3.63, 3.8) is 0 Å².